The van der Waals surface area contributed by atoms with Crippen LogP contribution in [0.1, 0.15) is 22.8 Å². The monoisotopic (exact) mass is 254 g/mol. The number of nitrogen functional groups attached to an aromatic ring is 1. The number of carbonyl (C=O) groups excluding carboxylic acids is 1. The van der Waals surface area contributed by atoms with Gasteiger partial charge in [0.15, 0.2) is 0 Å². The maximum absolute atomic E-state index is 11.8. The van der Waals surface area contributed by atoms with Crippen LogP contribution in [0.15, 0.2) is 18.2 Å². The minimum atomic E-state index is -0.856. The normalized spacial score (nSPS) is 12.1. The number of hydrogen-bond acceptors (Lipinski definition) is 3. The fourth-order valence-corrected chi connectivity index (χ4v) is 2.00. The van der Waals surface area contributed by atoms with Crippen molar-refractivity contribution in [2.75, 3.05) is 23.8 Å². The van der Waals surface area contributed by atoms with Crippen molar-refractivity contribution in [3.8, 4) is 0 Å². The third-order valence-corrected chi connectivity index (χ3v) is 3.69. The molecule has 3 N–H and O–H groups in total. The van der Waals surface area contributed by atoms with E-state index in [2.05, 4.69) is 5.32 Å². The zero-order valence-electron chi connectivity index (χ0n) is 10.2. The molecular formula is C12H18N2O2S. The number of hydrogen-bond donors (Lipinski definition) is 2. The zero-order chi connectivity index (χ0) is 12.8. The van der Waals surface area contributed by atoms with Crippen molar-refractivity contribution in [1.82, 2.24) is 5.32 Å². The molecule has 1 unspecified atom stereocenters. The largest absolute Gasteiger partial charge is 0.398 e. The molecule has 0 saturated carbocycles. The molecule has 0 radical (unpaired) electrons. The maximum Gasteiger partial charge on any atom is 0.253 e. The molecule has 1 rings (SSSR count). The number of carbonyl (C=O) groups is 1. The number of nitrogens with two attached hydrogens (primary N) is 1. The minimum Gasteiger partial charge on any atom is -0.398 e. The number of aryl methyl sites for hydroxylation is 1. The van der Waals surface area contributed by atoms with Gasteiger partial charge < -0.3 is 11.1 Å². The Morgan fingerprint density at radius 2 is 2.18 bits per heavy atom. The van der Waals surface area contributed by atoms with Crippen molar-refractivity contribution in [3.05, 3.63) is 29.3 Å². The van der Waals surface area contributed by atoms with Crippen molar-refractivity contribution in [2.24, 2.45) is 0 Å². The standard InChI is InChI=1S/C12H18N2O2S/c1-3-17(16)7-6-14-12(15)10-8-9(2)4-5-11(10)13/h4-5,8H,3,6-7,13H2,1-2H3,(H,14,15). The van der Waals surface area contributed by atoms with Gasteiger partial charge in [0.1, 0.15) is 0 Å². The van der Waals surface area contributed by atoms with Crippen LogP contribution in [0.25, 0.3) is 0 Å². The Hall–Kier alpha value is -1.36. The first-order valence-corrected chi connectivity index (χ1v) is 7.02. The predicted molar refractivity (Wildman–Crippen MR) is 71.5 cm³/mol. The zero-order valence-corrected chi connectivity index (χ0v) is 11.0. The highest BCUT2D eigenvalue weighted by atomic mass is 32.2. The van der Waals surface area contributed by atoms with Gasteiger partial charge >= 0.3 is 0 Å². The van der Waals surface area contributed by atoms with Crippen molar-refractivity contribution < 1.29 is 9.00 Å². The summed E-state index contributed by atoms with van der Waals surface area (Å²) in [7, 11) is -0.856. The second kappa shape index (κ2) is 6.39. The van der Waals surface area contributed by atoms with E-state index in [0.29, 0.717) is 29.3 Å². The van der Waals surface area contributed by atoms with Crippen LogP contribution in [0.2, 0.25) is 0 Å². The Balaban J connectivity index is 2.58. The molecule has 0 saturated heterocycles. The van der Waals surface area contributed by atoms with Gasteiger partial charge in [0.05, 0.1) is 5.56 Å². The second-order valence-electron chi connectivity index (χ2n) is 3.78. The predicted octanol–water partition coefficient (Wildman–Crippen LogP) is 1.08. The molecule has 1 amide bonds. The number of nitrogens with one attached hydrogen (secondary N) is 1. The smallest absolute Gasteiger partial charge is 0.253 e. The highest BCUT2D eigenvalue weighted by molar-refractivity contribution is 7.84. The number of anilines is 1. The first-order valence-electron chi connectivity index (χ1n) is 5.54. The fourth-order valence-electron chi connectivity index (χ4n) is 1.38. The Bertz CT molecular complexity index is 433. The Kier molecular flexibility index (Phi) is 5.15. The topological polar surface area (TPSA) is 72.2 Å². The highest BCUT2D eigenvalue weighted by Gasteiger charge is 2.09. The Morgan fingerprint density at radius 1 is 1.47 bits per heavy atom. The van der Waals surface area contributed by atoms with Crippen molar-refractivity contribution >= 4 is 22.4 Å². The molecule has 94 valence electrons. The lowest BCUT2D eigenvalue weighted by Crippen LogP contribution is -2.28. The van der Waals surface area contributed by atoms with Crippen molar-refractivity contribution in [1.29, 1.82) is 0 Å². The summed E-state index contributed by atoms with van der Waals surface area (Å²) in [5.41, 5.74) is 7.66. The van der Waals surface area contributed by atoms with Gasteiger partial charge in [-0.1, -0.05) is 18.6 Å². The van der Waals surface area contributed by atoms with Crippen LogP contribution in [0.4, 0.5) is 5.69 Å². The first kappa shape index (κ1) is 13.7. The number of benzene rings is 1. The summed E-state index contributed by atoms with van der Waals surface area (Å²) in [6.45, 7) is 4.17. The van der Waals surface area contributed by atoms with E-state index >= 15 is 0 Å². The molecule has 0 aromatic heterocycles. The Morgan fingerprint density at radius 3 is 2.82 bits per heavy atom. The maximum atomic E-state index is 11.8. The van der Waals surface area contributed by atoms with Gasteiger partial charge in [-0.15, -0.1) is 0 Å². The van der Waals surface area contributed by atoms with Gasteiger partial charge in [-0.25, -0.2) is 0 Å². The molecule has 1 aromatic rings. The van der Waals surface area contributed by atoms with E-state index in [1.54, 1.807) is 12.1 Å². The van der Waals surface area contributed by atoms with Crippen LogP contribution in [-0.2, 0) is 10.8 Å². The van der Waals surface area contributed by atoms with Gasteiger partial charge in [-0.05, 0) is 19.1 Å². The van der Waals surface area contributed by atoms with Gasteiger partial charge in [0.25, 0.3) is 5.91 Å². The number of amides is 1. The van der Waals surface area contributed by atoms with Crippen molar-refractivity contribution in [2.45, 2.75) is 13.8 Å². The molecule has 1 atom stereocenters. The minimum absolute atomic E-state index is 0.209. The molecule has 0 spiro atoms. The molecular weight excluding hydrogens is 236 g/mol. The average molecular weight is 254 g/mol. The molecule has 0 aliphatic carbocycles. The first-order chi connectivity index (χ1) is 8.04. The van der Waals surface area contributed by atoms with E-state index in [9.17, 15) is 9.00 Å². The molecule has 1 aromatic carbocycles. The van der Waals surface area contributed by atoms with E-state index in [-0.39, 0.29) is 5.91 Å². The molecule has 17 heavy (non-hydrogen) atoms. The summed E-state index contributed by atoms with van der Waals surface area (Å²) in [6, 6.07) is 5.33. The van der Waals surface area contributed by atoms with E-state index in [1.807, 2.05) is 19.9 Å². The van der Waals surface area contributed by atoms with Crippen LogP contribution in [0.5, 0.6) is 0 Å². The molecule has 4 nitrogen and oxygen atoms in total. The fraction of sp³-hybridized carbons (Fsp3) is 0.417. The highest BCUT2D eigenvalue weighted by Crippen LogP contribution is 2.13. The lowest BCUT2D eigenvalue weighted by molar-refractivity contribution is 0.0957. The summed E-state index contributed by atoms with van der Waals surface area (Å²) in [6.07, 6.45) is 0. The Labute approximate surface area is 104 Å². The lowest BCUT2D eigenvalue weighted by Gasteiger charge is -2.08. The van der Waals surface area contributed by atoms with Crippen LogP contribution in [0, 0.1) is 6.92 Å². The van der Waals surface area contributed by atoms with E-state index in [4.69, 9.17) is 5.73 Å². The molecule has 5 heteroatoms. The molecule has 0 aliphatic heterocycles. The third-order valence-electron chi connectivity index (χ3n) is 2.39. The lowest BCUT2D eigenvalue weighted by atomic mass is 10.1. The number of rotatable bonds is 5. The van der Waals surface area contributed by atoms with E-state index < -0.39 is 10.8 Å². The molecule has 0 fully saturated rings. The second-order valence-corrected chi connectivity index (χ2v) is 5.64. The third kappa shape index (κ3) is 4.19. The SMILES string of the molecule is CCS(=O)CCNC(=O)c1cc(C)ccc1N. The van der Waals surface area contributed by atoms with E-state index in [1.165, 1.54) is 0 Å². The van der Waals surface area contributed by atoms with Gasteiger partial charge in [0, 0.05) is 34.5 Å². The van der Waals surface area contributed by atoms with Crippen LogP contribution < -0.4 is 11.1 Å². The quantitative estimate of drug-likeness (QED) is 0.772. The van der Waals surface area contributed by atoms with Gasteiger partial charge in [0.2, 0.25) is 0 Å². The summed E-state index contributed by atoms with van der Waals surface area (Å²) >= 11 is 0. The molecule has 0 heterocycles. The average Bonchev–Trinajstić information content (AvgIpc) is 2.31. The van der Waals surface area contributed by atoms with Crippen LogP contribution in [0.3, 0.4) is 0 Å². The van der Waals surface area contributed by atoms with Gasteiger partial charge in [-0.2, -0.15) is 0 Å². The summed E-state index contributed by atoms with van der Waals surface area (Å²) in [4.78, 5) is 11.8. The summed E-state index contributed by atoms with van der Waals surface area (Å²) < 4.78 is 11.2. The van der Waals surface area contributed by atoms with Gasteiger partial charge in [-0.3, -0.25) is 9.00 Å². The summed E-state index contributed by atoms with van der Waals surface area (Å²) in [5.74, 6) is 0.885. The summed E-state index contributed by atoms with van der Waals surface area (Å²) in [5, 5.41) is 2.72. The van der Waals surface area contributed by atoms with Crippen LogP contribution in [-0.4, -0.2) is 28.2 Å². The molecule has 0 aliphatic rings. The van der Waals surface area contributed by atoms with Crippen LogP contribution >= 0.6 is 0 Å². The van der Waals surface area contributed by atoms with Crippen molar-refractivity contribution in [3.63, 3.8) is 0 Å². The molecule has 0 bridgehead atoms. The van der Waals surface area contributed by atoms with E-state index in [0.717, 1.165) is 5.56 Å².